The molecule has 3 rings (SSSR count). The van der Waals surface area contributed by atoms with Crippen molar-refractivity contribution in [2.45, 2.75) is 32.0 Å². The van der Waals surface area contributed by atoms with Crippen LogP contribution in [0.25, 0.3) is 0 Å². The lowest BCUT2D eigenvalue weighted by atomic mass is 9.91. The van der Waals surface area contributed by atoms with Gasteiger partial charge in [0.25, 0.3) is 0 Å². The van der Waals surface area contributed by atoms with Crippen molar-refractivity contribution in [3.05, 3.63) is 35.4 Å². The maximum absolute atomic E-state index is 12.5. The van der Waals surface area contributed by atoms with Gasteiger partial charge < -0.3 is 15.4 Å². The van der Waals surface area contributed by atoms with E-state index < -0.39 is 0 Å². The second-order valence-electron chi connectivity index (χ2n) is 5.44. The van der Waals surface area contributed by atoms with Crippen LogP contribution < -0.4 is 5.73 Å². The van der Waals surface area contributed by atoms with Gasteiger partial charge in [-0.3, -0.25) is 4.79 Å². The highest BCUT2D eigenvalue weighted by molar-refractivity contribution is 5.82. The third-order valence-corrected chi connectivity index (χ3v) is 4.21. The third-order valence-electron chi connectivity index (χ3n) is 4.21. The zero-order chi connectivity index (χ0) is 13.2. The molecule has 0 spiro atoms. The fourth-order valence-corrected chi connectivity index (χ4v) is 2.98. The van der Waals surface area contributed by atoms with Gasteiger partial charge in [0.05, 0.1) is 6.04 Å². The molecular weight excluding hydrogens is 240 g/mol. The number of rotatable bonds is 2. The second kappa shape index (κ2) is 5.31. The number of carbonyl (C=O) groups excluding carboxylic acids is 1. The van der Waals surface area contributed by atoms with Gasteiger partial charge in [-0.2, -0.15) is 0 Å². The first-order chi connectivity index (χ1) is 9.25. The van der Waals surface area contributed by atoms with Crippen molar-refractivity contribution in [2.75, 3.05) is 13.2 Å². The topological polar surface area (TPSA) is 55.6 Å². The van der Waals surface area contributed by atoms with Gasteiger partial charge in [-0.05, 0) is 29.9 Å². The minimum Gasteiger partial charge on any atom is -0.381 e. The Kier molecular flexibility index (Phi) is 3.53. The van der Waals surface area contributed by atoms with E-state index in [0.717, 1.165) is 26.1 Å². The van der Waals surface area contributed by atoms with E-state index in [-0.39, 0.29) is 17.9 Å². The van der Waals surface area contributed by atoms with Crippen LogP contribution in [0.15, 0.2) is 24.3 Å². The normalized spacial score (nSPS) is 21.2. The Hall–Kier alpha value is -1.39. The van der Waals surface area contributed by atoms with Gasteiger partial charge in [0, 0.05) is 26.3 Å². The van der Waals surface area contributed by atoms with E-state index in [4.69, 9.17) is 10.5 Å². The Morgan fingerprint density at radius 3 is 2.37 bits per heavy atom. The van der Waals surface area contributed by atoms with Crippen LogP contribution in [-0.2, 0) is 22.6 Å². The van der Waals surface area contributed by atoms with Gasteiger partial charge in [0.15, 0.2) is 0 Å². The fourth-order valence-electron chi connectivity index (χ4n) is 2.98. The smallest absolute Gasteiger partial charge is 0.240 e. The van der Waals surface area contributed by atoms with Crippen LogP contribution in [0.1, 0.15) is 24.0 Å². The predicted octanol–water partition coefficient (Wildman–Crippen LogP) is 1.28. The van der Waals surface area contributed by atoms with E-state index in [2.05, 4.69) is 12.1 Å². The molecule has 0 aromatic heterocycles. The summed E-state index contributed by atoms with van der Waals surface area (Å²) >= 11 is 0. The molecule has 2 N–H and O–H groups in total. The van der Waals surface area contributed by atoms with Crippen molar-refractivity contribution in [1.82, 2.24) is 4.90 Å². The van der Waals surface area contributed by atoms with Crippen LogP contribution in [0.3, 0.4) is 0 Å². The molecule has 1 unspecified atom stereocenters. The van der Waals surface area contributed by atoms with Crippen molar-refractivity contribution in [1.29, 1.82) is 0 Å². The molecule has 102 valence electrons. The molecule has 19 heavy (non-hydrogen) atoms. The molecule has 1 fully saturated rings. The maximum atomic E-state index is 12.5. The minimum absolute atomic E-state index is 0.0862. The summed E-state index contributed by atoms with van der Waals surface area (Å²) in [6, 6.07) is 7.83. The summed E-state index contributed by atoms with van der Waals surface area (Å²) < 4.78 is 5.33. The Morgan fingerprint density at radius 2 is 1.79 bits per heavy atom. The molecule has 0 saturated carbocycles. The monoisotopic (exact) mass is 260 g/mol. The number of fused-ring (bicyclic) bond motifs is 1. The summed E-state index contributed by atoms with van der Waals surface area (Å²) in [5.41, 5.74) is 8.65. The number of hydrogen-bond acceptors (Lipinski definition) is 3. The molecule has 0 radical (unpaired) electrons. The van der Waals surface area contributed by atoms with E-state index in [0.29, 0.717) is 13.1 Å². The molecule has 1 aromatic carbocycles. The fraction of sp³-hybridized carbons (Fsp3) is 0.533. The number of carbonyl (C=O) groups is 1. The molecule has 0 bridgehead atoms. The van der Waals surface area contributed by atoms with E-state index in [9.17, 15) is 4.79 Å². The van der Waals surface area contributed by atoms with E-state index in [1.165, 1.54) is 11.1 Å². The first-order valence-corrected chi connectivity index (χ1v) is 6.94. The first-order valence-electron chi connectivity index (χ1n) is 6.94. The van der Waals surface area contributed by atoms with E-state index in [1.54, 1.807) is 0 Å². The van der Waals surface area contributed by atoms with Crippen molar-refractivity contribution in [3.8, 4) is 0 Å². The molecule has 0 aliphatic carbocycles. The van der Waals surface area contributed by atoms with Crippen LogP contribution in [-0.4, -0.2) is 30.1 Å². The number of nitrogens with two attached hydrogens (primary N) is 1. The lowest BCUT2D eigenvalue weighted by Crippen LogP contribution is -2.47. The summed E-state index contributed by atoms with van der Waals surface area (Å²) in [5.74, 6) is 0.355. The second-order valence-corrected chi connectivity index (χ2v) is 5.44. The molecule has 4 nitrogen and oxygen atoms in total. The average Bonchev–Trinajstić information content (AvgIpc) is 2.90. The van der Waals surface area contributed by atoms with Crippen molar-refractivity contribution < 1.29 is 9.53 Å². The summed E-state index contributed by atoms with van der Waals surface area (Å²) in [6.45, 7) is 2.86. The van der Waals surface area contributed by atoms with Crippen molar-refractivity contribution in [2.24, 2.45) is 11.7 Å². The first kappa shape index (κ1) is 12.6. The van der Waals surface area contributed by atoms with Gasteiger partial charge in [0.2, 0.25) is 5.91 Å². The zero-order valence-electron chi connectivity index (χ0n) is 11.0. The van der Waals surface area contributed by atoms with Crippen molar-refractivity contribution in [3.63, 3.8) is 0 Å². The Labute approximate surface area is 113 Å². The summed E-state index contributed by atoms with van der Waals surface area (Å²) in [5, 5.41) is 0. The Balaban J connectivity index is 1.65. The standard InChI is InChI=1S/C15H20N2O2/c16-14(11-5-7-19-8-6-11)15(18)17-9-12-3-1-2-4-13(12)10-17/h1-4,11,14H,5-10,16H2. The molecule has 2 aliphatic heterocycles. The van der Waals surface area contributed by atoms with Gasteiger partial charge >= 0.3 is 0 Å². The highest BCUT2D eigenvalue weighted by Gasteiger charge is 2.32. The SMILES string of the molecule is NC(C(=O)N1Cc2ccccc2C1)C1CCOCC1. The quantitative estimate of drug-likeness (QED) is 0.871. The lowest BCUT2D eigenvalue weighted by Gasteiger charge is -2.29. The Morgan fingerprint density at radius 1 is 1.21 bits per heavy atom. The number of amides is 1. The molecule has 4 heteroatoms. The van der Waals surface area contributed by atoms with Crippen LogP contribution in [0.2, 0.25) is 0 Å². The highest BCUT2D eigenvalue weighted by atomic mass is 16.5. The summed E-state index contributed by atoms with van der Waals surface area (Å²) in [7, 11) is 0. The van der Waals surface area contributed by atoms with Gasteiger partial charge in [-0.25, -0.2) is 0 Å². The van der Waals surface area contributed by atoms with E-state index >= 15 is 0 Å². The highest BCUT2D eigenvalue weighted by Crippen LogP contribution is 2.25. The minimum atomic E-state index is -0.377. The molecule has 2 aliphatic rings. The largest absolute Gasteiger partial charge is 0.381 e. The Bertz CT molecular complexity index is 444. The third kappa shape index (κ3) is 2.51. The van der Waals surface area contributed by atoms with Crippen molar-refractivity contribution >= 4 is 5.91 Å². The summed E-state index contributed by atoms with van der Waals surface area (Å²) in [4.78, 5) is 14.4. The zero-order valence-corrected chi connectivity index (χ0v) is 11.0. The molecule has 1 aromatic rings. The van der Waals surface area contributed by atoms with Crippen LogP contribution in [0.5, 0.6) is 0 Å². The van der Waals surface area contributed by atoms with Gasteiger partial charge in [-0.15, -0.1) is 0 Å². The van der Waals surface area contributed by atoms with Crippen LogP contribution in [0, 0.1) is 5.92 Å². The lowest BCUT2D eigenvalue weighted by molar-refractivity contribution is -0.135. The molecular formula is C15H20N2O2. The maximum Gasteiger partial charge on any atom is 0.240 e. The number of benzene rings is 1. The molecule has 1 amide bonds. The average molecular weight is 260 g/mol. The van der Waals surface area contributed by atoms with Gasteiger partial charge in [0.1, 0.15) is 0 Å². The van der Waals surface area contributed by atoms with E-state index in [1.807, 2.05) is 17.0 Å². The van der Waals surface area contributed by atoms with Gasteiger partial charge in [-0.1, -0.05) is 24.3 Å². The predicted molar refractivity (Wildman–Crippen MR) is 72.2 cm³/mol. The molecule has 2 heterocycles. The number of nitrogens with zero attached hydrogens (tertiary/aromatic N) is 1. The number of hydrogen-bond donors (Lipinski definition) is 1. The van der Waals surface area contributed by atoms with Crippen LogP contribution >= 0.6 is 0 Å². The summed E-state index contributed by atoms with van der Waals surface area (Å²) in [6.07, 6.45) is 1.79. The number of ether oxygens (including phenoxy) is 1. The van der Waals surface area contributed by atoms with Crippen LogP contribution in [0.4, 0.5) is 0 Å². The molecule has 1 atom stereocenters. The molecule has 1 saturated heterocycles.